The molecule has 2 amide bonds. The highest BCUT2D eigenvalue weighted by atomic mass is 32.1. The molecule has 0 saturated heterocycles. The van der Waals surface area contributed by atoms with Gasteiger partial charge in [-0.1, -0.05) is 11.3 Å². The molecule has 1 aliphatic heterocycles. The fourth-order valence-electron chi connectivity index (χ4n) is 3.40. The number of anilines is 2. The number of aryl methyl sites for hydroxylation is 3. The molecule has 0 saturated carbocycles. The summed E-state index contributed by atoms with van der Waals surface area (Å²) in [5, 5.41) is 3.97. The molecule has 1 aliphatic rings. The van der Waals surface area contributed by atoms with Crippen LogP contribution in [0.4, 0.5) is 10.8 Å². The zero-order valence-corrected chi connectivity index (χ0v) is 19.1. The van der Waals surface area contributed by atoms with E-state index in [9.17, 15) is 14.4 Å². The van der Waals surface area contributed by atoms with Gasteiger partial charge in [0, 0.05) is 17.4 Å². The summed E-state index contributed by atoms with van der Waals surface area (Å²) in [5.74, 6) is -0.292. The number of fused-ring (bicyclic) bond motifs is 1. The van der Waals surface area contributed by atoms with Crippen molar-refractivity contribution in [3.8, 4) is 17.0 Å². The lowest BCUT2D eigenvalue weighted by Gasteiger charge is -2.29. The zero-order valence-electron chi connectivity index (χ0n) is 17.4. The molecule has 0 radical (unpaired) electrons. The molecule has 4 rings (SSSR count). The van der Waals surface area contributed by atoms with Gasteiger partial charge in [-0.2, -0.15) is 0 Å². The zero-order chi connectivity index (χ0) is 22.3. The fraction of sp³-hybridized carbons (Fsp3) is 0.286. The molecule has 31 heavy (non-hydrogen) atoms. The van der Waals surface area contributed by atoms with Gasteiger partial charge in [-0.3, -0.25) is 19.3 Å². The lowest BCUT2D eigenvalue weighted by molar-refractivity contribution is -0.123. The quantitative estimate of drug-likeness (QED) is 0.587. The molecule has 0 atom stereocenters. The van der Waals surface area contributed by atoms with Crippen LogP contribution in [0.1, 0.15) is 32.2 Å². The number of amides is 2. The average Bonchev–Trinajstić information content (AvgIpc) is 3.24. The number of hydrogen-bond acceptors (Lipinski definition) is 8. The molecule has 0 spiro atoms. The summed E-state index contributed by atoms with van der Waals surface area (Å²) in [5.41, 5.74) is 2.79. The highest BCUT2D eigenvalue weighted by Crippen LogP contribution is 2.37. The minimum atomic E-state index is -0.406. The van der Waals surface area contributed by atoms with Crippen LogP contribution in [0.3, 0.4) is 0 Å². The van der Waals surface area contributed by atoms with E-state index in [1.807, 2.05) is 26.0 Å². The van der Waals surface area contributed by atoms with E-state index < -0.39 is 5.91 Å². The van der Waals surface area contributed by atoms with Gasteiger partial charge in [-0.25, -0.2) is 9.97 Å². The van der Waals surface area contributed by atoms with Crippen molar-refractivity contribution in [2.24, 2.45) is 0 Å². The average molecular weight is 457 g/mol. The standard InChI is InChI=1S/C21H20N4O4S2/c1-10-20(11(2)26)31-21(22-10)24-17(27)8-25-15-7-14(19-12(3)30-13(4)23-19)5-6-16(15)29-9-18(25)28/h5-7H,8-9H2,1-4H3,(H,22,24,27). The van der Waals surface area contributed by atoms with Crippen LogP contribution in [-0.2, 0) is 9.59 Å². The molecule has 3 heterocycles. The number of ether oxygens (including phenoxy) is 1. The minimum Gasteiger partial charge on any atom is -0.482 e. The SMILES string of the molecule is CC(=O)c1sc(NC(=O)CN2C(=O)COc3ccc(-c4nc(C)sc4C)cc32)nc1C. The van der Waals surface area contributed by atoms with Gasteiger partial charge >= 0.3 is 0 Å². The van der Waals surface area contributed by atoms with Crippen molar-refractivity contribution in [1.29, 1.82) is 0 Å². The number of nitrogens with zero attached hydrogens (tertiary/aromatic N) is 3. The first-order valence-corrected chi connectivity index (χ1v) is 11.2. The van der Waals surface area contributed by atoms with Crippen LogP contribution in [-0.4, -0.2) is 40.7 Å². The van der Waals surface area contributed by atoms with Gasteiger partial charge in [0.2, 0.25) is 5.91 Å². The predicted octanol–water partition coefficient (Wildman–Crippen LogP) is 3.76. The fourth-order valence-corrected chi connectivity index (χ4v) is 5.12. The van der Waals surface area contributed by atoms with E-state index >= 15 is 0 Å². The van der Waals surface area contributed by atoms with Crippen LogP contribution in [0.25, 0.3) is 11.3 Å². The van der Waals surface area contributed by atoms with Gasteiger partial charge < -0.3 is 10.1 Å². The van der Waals surface area contributed by atoms with Gasteiger partial charge in [0.05, 0.1) is 27.0 Å². The number of aromatic nitrogens is 2. The third kappa shape index (κ3) is 4.21. The van der Waals surface area contributed by atoms with Crippen molar-refractivity contribution in [3.05, 3.63) is 38.7 Å². The third-order valence-corrected chi connectivity index (χ3v) is 6.80. The first kappa shape index (κ1) is 21.1. The Bertz CT molecular complexity index is 1210. The number of Topliss-reactive ketones (excluding diaryl/α,β-unsaturated/α-hetero) is 1. The van der Waals surface area contributed by atoms with Crippen molar-refractivity contribution < 1.29 is 19.1 Å². The first-order valence-electron chi connectivity index (χ1n) is 9.52. The lowest BCUT2D eigenvalue weighted by atomic mass is 10.1. The highest BCUT2D eigenvalue weighted by Gasteiger charge is 2.28. The maximum Gasteiger partial charge on any atom is 0.265 e. The number of carbonyl (C=O) groups excluding carboxylic acids is 3. The Morgan fingerprint density at radius 2 is 1.97 bits per heavy atom. The molecular formula is C21H20N4O4S2. The van der Waals surface area contributed by atoms with E-state index in [0.29, 0.717) is 27.1 Å². The van der Waals surface area contributed by atoms with E-state index in [1.54, 1.807) is 24.3 Å². The number of benzene rings is 1. The smallest absolute Gasteiger partial charge is 0.265 e. The molecule has 10 heteroatoms. The molecule has 0 unspecified atom stereocenters. The summed E-state index contributed by atoms with van der Waals surface area (Å²) < 4.78 is 5.55. The van der Waals surface area contributed by atoms with Crippen LogP contribution in [0.15, 0.2) is 18.2 Å². The second kappa shape index (κ2) is 8.20. The number of rotatable bonds is 5. The lowest BCUT2D eigenvalue weighted by Crippen LogP contribution is -2.43. The maximum atomic E-state index is 12.7. The summed E-state index contributed by atoms with van der Waals surface area (Å²) in [4.78, 5) is 48.6. The Kier molecular flexibility index (Phi) is 5.59. The summed E-state index contributed by atoms with van der Waals surface area (Å²) in [6, 6.07) is 5.51. The third-order valence-electron chi connectivity index (χ3n) is 4.74. The molecule has 3 aromatic rings. The minimum absolute atomic E-state index is 0.104. The van der Waals surface area contributed by atoms with Crippen LogP contribution in [0, 0.1) is 20.8 Å². The molecule has 0 fully saturated rings. The topological polar surface area (TPSA) is 101 Å². The second-order valence-electron chi connectivity index (χ2n) is 7.13. The van der Waals surface area contributed by atoms with Gasteiger partial charge in [0.15, 0.2) is 17.5 Å². The van der Waals surface area contributed by atoms with Crippen molar-refractivity contribution in [2.75, 3.05) is 23.4 Å². The molecule has 160 valence electrons. The summed E-state index contributed by atoms with van der Waals surface area (Å²) in [6.07, 6.45) is 0. The number of hydrogen-bond donors (Lipinski definition) is 1. The molecule has 1 N–H and O–H groups in total. The van der Waals surface area contributed by atoms with Gasteiger partial charge in [0.1, 0.15) is 12.3 Å². The molecule has 8 nitrogen and oxygen atoms in total. The Labute approximate surface area is 186 Å². The van der Waals surface area contributed by atoms with E-state index in [1.165, 1.54) is 11.8 Å². The monoisotopic (exact) mass is 456 g/mol. The molecular weight excluding hydrogens is 436 g/mol. The molecule has 0 bridgehead atoms. The number of thiazole rings is 2. The summed E-state index contributed by atoms with van der Waals surface area (Å²) >= 11 is 2.72. The Balaban J connectivity index is 1.59. The van der Waals surface area contributed by atoms with Crippen molar-refractivity contribution >= 4 is 51.1 Å². The molecule has 0 aliphatic carbocycles. The van der Waals surface area contributed by atoms with E-state index in [2.05, 4.69) is 15.3 Å². The van der Waals surface area contributed by atoms with Gasteiger partial charge in [-0.15, -0.1) is 11.3 Å². The predicted molar refractivity (Wildman–Crippen MR) is 120 cm³/mol. The number of ketones is 1. The second-order valence-corrected chi connectivity index (χ2v) is 9.53. The maximum absolute atomic E-state index is 12.7. The number of carbonyl (C=O) groups is 3. The van der Waals surface area contributed by atoms with Crippen molar-refractivity contribution in [1.82, 2.24) is 9.97 Å². The van der Waals surface area contributed by atoms with E-state index in [0.717, 1.165) is 32.5 Å². The van der Waals surface area contributed by atoms with E-state index in [-0.39, 0.29) is 24.8 Å². The van der Waals surface area contributed by atoms with Crippen molar-refractivity contribution in [3.63, 3.8) is 0 Å². The van der Waals surface area contributed by atoms with Crippen LogP contribution < -0.4 is 15.0 Å². The van der Waals surface area contributed by atoms with Gasteiger partial charge in [0.25, 0.3) is 5.91 Å². The summed E-state index contributed by atoms with van der Waals surface area (Å²) in [6.45, 7) is 6.78. The molecule has 1 aromatic carbocycles. The Morgan fingerprint density at radius 3 is 2.61 bits per heavy atom. The highest BCUT2D eigenvalue weighted by molar-refractivity contribution is 7.17. The van der Waals surface area contributed by atoms with Crippen molar-refractivity contribution in [2.45, 2.75) is 27.7 Å². The normalized spacial score (nSPS) is 13.0. The van der Waals surface area contributed by atoms with Crippen LogP contribution in [0.2, 0.25) is 0 Å². The largest absolute Gasteiger partial charge is 0.482 e. The van der Waals surface area contributed by atoms with E-state index in [4.69, 9.17) is 4.74 Å². The Hall–Kier alpha value is -3.11. The van der Waals surface area contributed by atoms with Gasteiger partial charge in [-0.05, 0) is 39.0 Å². The first-order chi connectivity index (χ1) is 14.7. The van der Waals surface area contributed by atoms with Crippen LogP contribution >= 0.6 is 22.7 Å². The van der Waals surface area contributed by atoms with Crippen LogP contribution in [0.5, 0.6) is 5.75 Å². The summed E-state index contributed by atoms with van der Waals surface area (Å²) in [7, 11) is 0. The Morgan fingerprint density at radius 1 is 1.19 bits per heavy atom. The number of nitrogens with one attached hydrogen (secondary N) is 1. The molecule has 2 aromatic heterocycles.